The average Bonchev–Trinajstić information content (AvgIpc) is 2.63. The monoisotopic (exact) mass is 225 g/mol. The Hall–Kier alpha value is -1.52. The van der Waals surface area contributed by atoms with E-state index >= 15 is 0 Å². The number of amides is 1. The molecule has 0 radical (unpaired) electrons. The van der Waals surface area contributed by atoms with Crippen molar-refractivity contribution in [3.8, 4) is 0 Å². The van der Waals surface area contributed by atoms with Gasteiger partial charge in [-0.3, -0.25) is 0 Å². The summed E-state index contributed by atoms with van der Waals surface area (Å²) in [4.78, 5) is 20.4. The van der Waals surface area contributed by atoms with Crippen LogP contribution in [0, 0.1) is 0 Å². The van der Waals surface area contributed by atoms with Crippen molar-refractivity contribution < 1.29 is 9.53 Å². The number of aromatic amines is 1. The van der Waals surface area contributed by atoms with Crippen molar-refractivity contribution in [3.63, 3.8) is 0 Å². The fraction of sp³-hybridized carbons (Fsp3) is 0.636. The lowest BCUT2D eigenvalue weighted by Crippen LogP contribution is -2.36. The van der Waals surface area contributed by atoms with Crippen LogP contribution < -0.4 is 0 Å². The Morgan fingerprint density at radius 2 is 2.25 bits per heavy atom. The van der Waals surface area contributed by atoms with Gasteiger partial charge >= 0.3 is 6.09 Å². The molecule has 16 heavy (non-hydrogen) atoms. The maximum atomic E-state index is 11.8. The van der Waals surface area contributed by atoms with E-state index in [9.17, 15) is 4.79 Å². The number of hydrogen-bond donors (Lipinski definition) is 1. The lowest BCUT2D eigenvalue weighted by Gasteiger charge is -2.25. The smallest absolute Gasteiger partial charge is 0.410 e. The van der Waals surface area contributed by atoms with Gasteiger partial charge in [-0.2, -0.15) is 0 Å². The number of nitrogens with one attached hydrogen (secondary N) is 1. The third kappa shape index (κ3) is 3.92. The summed E-state index contributed by atoms with van der Waals surface area (Å²) in [5, 5.41) is 0. The lowest BCUT2D eigenvalue weighted by atomic mass is 10.2. The molecule has 0 bridgehead atoms. The zero-order valence-electron chi connectivity index (χ0n) is 10.3. The Morgan fingerprint density at radius 3 is 2.69 bits per heavy atom. The molecule has 1 N–H and O–H groups in total. The van der Waals surface area contributed by atoms with Gasteiger partial charge in [-0.25, -0.2) is 9.78 Å². The number of imidazole rings is 1. The highest BCUT2D eigenvalue weighted by Gasteiger charge is 2.21. The third-order valence-corrected chi connectivity index (χ3v) is 1.93. The van der Waals surface area contributed by atoms with Gasteiger partial charge in [0.15, 0.2) is 0 Å². The van der Waals surface area contributed by atoms with Crippen LogP contribution in [-0.2, 0) is 11.3 Å². The molecule has 0 aliphatic carbocycles. The minimum Gasteiger partial charge on any atom is -0.444 e. The topological polar surface area (TPSA) is 58.2 Å². The molecule has 0 aliphatic heterocycles. The molecule has 0 fully saturated rings. The minimum absolute atomic E-state index is 0.314. The van der Waals surface area contributed by atoms with E-state index in [1.54, 1.807) is 17.3 Å². The molecule has 1 aromatic rings. The summed E-state index contributed by atoms with van der Waals surface area (Å²) in [6.45, 7) is 8.50. The number of rotatable bonds is 3. The summed E-state index contributed by atoms with van der Waals surface area (Å²) < 4.78 is 5.28. The summed E-state index contributed by atoms with van der Waals surface area (Å²) >= 11 is 0. The standard InChI is InChI=1S/C11H19N3O2/c1-5-14(8-9-12-6-7-13-9)10(15)16-11(2,3)4/h6-7H,5,8H2,1-4H3,(H,12,13). The fourth-order valence-electron chi connectivity index (χ4n) is 1.20. The third-order valence-electron chi connectivity index (χ3n) is 1.93. The normalized spacial score (nSPS) is 11.2. The largest absolute Gasteiger partial charge is 0.444 e. The second kappa shape index (κ2) is 5.01. The van der Waals surface area contributed by atoms with E-state index in [1.807, 2.05) is 27.7 Å². The Morgan fingerprint density at radius 1 is 1.56 bits per heavy atom. The van der Waals surface area contributed by atoms with Gasteiger partial charge in [0.2, 0.25) is 0 Å². The van der Waals surface area contributed by atoms with Gasteiger partial charge in [0.05, 0.1) is 6.54 Å². The molecule has 0 spiro atoms. The molecule has 5 heteroatoms. The van der Waals surface area contributed by atoms with Gasteiger partial charge in [0, 0.05) is 18.9 Å². The first kappa shape index (κ1) is 12.5. The number of carbonyl (C=O) groups excluding carboxylic acids is 1. The van der Waals surface area contributed by atoms with Gasteiger partial charge in [-0.05, 0) is 27.7 Å². The van der Waals surface area contributed by atoms with Crippen LogP contribution in [0.1, 0.15) is 33.5 Å². The maximum Gasteiger partial charge on any atom is 0.410 e. The molecule has 1 amide bonds. The highest BCUT2D eigenvalue weighted by molar-refractivity contribution is 5.67. The van der Waals surface area contributed by atoms with E-state index in [-0.39, 0.29) is 6.09 Å². The number of ether oxygens (including phenoxy) is 1. The van der Waals surface area contributed by atoms with Crippen LogP contribution in [0.15, 0.2) is 12.4 Å². The van der Waals surface area contributed by atoms with Crippen LogP contribution in [0.5, 0.6) is 0 Å². The van der Waals surface area contributed by atoms with Crippen molar-refractivity contribution in [3.05, 3.63) is 18.2 Å². The van der Waals surface area contributed by atoms with Crippen LogP contribution in [0.2, 0.25) is 0 Å². The highest BCUT2D eigenvalue weighted by Crippen LogP contribution is 2.11. The molecule has 1 rings (SSSR count). The SMILES string of the molecule is CCN(Cc1ncc[nH]1)C(=O)OC(C)(C)C. The Bertz CT molecular complexity index is 327. The molecule has 1 heterocycles. The summed E-state index contributed by atoms with van der Waals surface area (Å²) in [6, 6.07) is 0. The number of hydrogen-bond acceptors (Lipinski definition) is 3. The molecule has 0 aromatic carbocycles. The van der Waals surface area contributed by atoms with E-state index in [1.165, 1.54) is 0 Å². The van der Waals surface area contributed by atoms with E-state index in [0.717, 1.165) is 5.82 Å². The van der Waals surface area contributed by atoms with Crippen LogP contribution >= 0.6 is 0 Å². The summed E-state index contributed by atoms with van der Waals surface area (Å²) in [5.74, 6) is 0.757. The molecule has 0 atom stereocenters. The quantitative estimate of drug-likeness (QED) is 0.857. The lowest BCUT2D eigenvalue weighted by molar-refractivity contribution is 0.0240. The fourth-order valence-corrected chi connectivity index (χ4v) is 1.20. The van der Waals surface area contributed by atoms with Crippen LogP contribution in [0.3, 0.4) is 0 Å². The van der Waals surface area contributed by atoms with Crippen molar-refractivity contribution in [1.29, 1.82) is 0 Å². The van der Waals surface area contributed by atoms with E-state index in [2.05, 4.69) is 9.97 Å². The molecule has 1 aromatic heterocycles. The Balaban J connectivity index is 2.57. The molecule has 0 saturated carbocycles. The van der Waals surface area contributed by atoms with Crippen molar-refractivity contribution >= 4 is 6.09 Å². The minimum atomic E-state index is -0.465. The summed E-state index contributed by atoms with van der Waals surface area (Å²) in [6.07, 6.45) is 3.09. The number of carbonyl (C=O) groups is 1. The van der Waals surface area contributed by atoms with Crippen molar-refractivity contribution in [2.24, 2.45) is 0 Å². The maximum absolute atomic E-state index is 11.8. The number of H-pyrrole nitrogens is 1. The first-order chi connectivity index (χ1) is 7.42. The molecular formula is C11H19N3O2. The molecule has 0 unspecified atom stereocenters. The van der Waals surface area contributed by atoms with Crippen LogP contribution in [0.25, 0.3) is 0 Å². The van der Waals surface area contributed by atoms with E-state index in [0.29, 0.717) is 13.1 Å². The van der Waals surface area contributed by atoms with Crippen molar-refractivity contribution in [2.75, 3.05) is 6.54 Å². The summed E-state index contributed by atoms with van der Waals surface area (Å²) in [5.41, 5.74) is -0.465. The molecular weight excluding hydrogens is 206 g/mol. The van der Waals surface area contributed by atoms with Crippen LogP contribution in [0.4, 0.5) is 4.79 Å². The van der Waals surface area contributed by atoms with Crippen molar-refractivity contribution in [1.82, 2.24) is 14.9 Å². The zero-order chi connectivity index (χ0) is 12.2. The van der Waals surface area contributed by atoms with Gasteiger partial charge in [0.1, 0.15) is 11.4 Å². The predicted octanol–water partition coefficient (Wildman–Crippen LogP) is 2.17. The summed E-state index contributed by atoms with van der Waals surface area (Å²) in [7, 11) is 0. The molecule has 5 nitrogen and oxygen atoms in total. The number of aromatic nitrogens is 2. The van der Waals surface area contributed by atoms with E-state index < -0.39 is 5.60 Å². The first-order valence-corrected chi connectivity index (χ1v) is 5.38. The average molecular weight is 225 g/mol. The molecule has 0 aliphatic rings. The van der Waals surface area contributed by atoms with E-state index in [4.69, 9.17) is 4.74 Å². The number of nitrogens with zero attached hydrogens (tertiary/aromatic N) is 2. The zero-order valence-corrected chi connectivity index (χ0v) is 10.3. The molecule has 90 valence electrons. The second-order valence-electron chi connectivity index (χ2n) is 4.53. The Labute approximate surface area is 95.8 Å². The van der Waals surface area contributed by atoms with Gasteiger partial charge in [0.25, 0.3) is 0 Å². The second-order valence-corrected chi connectivity index (χ2v) is 4.53. The van der Waals surface area contributed by atoms with Crippen LogP contribution in [-0.4, -0.2) is 33.1 Å². The van der Waals surface area contributed by atoms with Gasteiger partial charge in [-0.1, -0.05) is 0 Å². The molecule has 0 saturated heterocycles. The predicted molar refractivity (Wildman–Crippen MR) is 60.9 cm³/mol. The first-order valence-electron chi connectivity index (χ1n) is 5.38. The van der Waals surface area contributed by atoms with Gasteiger partial charge in [-0.15, -0.1) is 0 Å². The van der Waals surface area contributed by atoms with Crippen molar-refractivity contribution in [2.45, 2.75) is 39.8 Å². The highest BCUT2D eigenvalue weighted by atomic mass is 16.6. The van der Waals surface area contributed by atoms with Gasteiger partial charge < -0.3 is 14.6 Å². The Kier molecular flexibility index (Phi) is 3.93.